The average Bonchev–Trinajstić information content (AvgIpc) is 2.15. The number of hydrogen-bond donors (Lipinski definition) is 0. The molecule has 0 aliphatic heterocycles. The molecule has 0 N–H and O–H groups in total. The monoisotopic (exact) mass is 201 g/mol. The van der Waals surface area contributed by atoms with Gasteiger partial charge in [0.15, 0.2) is 4.98 Å². The number of alkyl halides is 3. The first-order valence-electron chi connectivity index (χ1n) is 3.52. The predicted molar refractivity (Wildman–Crippen MR) is 41.6 cm³/mol. The van der Waals surface area contributed by atoms with E-state index in [2.05, 4.69) is 4.98 Å². The fourth-order valence-corrected chi connectivity index (χ4v) is 0.843. The van der Waals surface area contributed by atoms with Crippen molar-refractivity contribution in [3.05, 3.63) is 34.8 Å². The van der Waals surface area contributed by atoms with Gasteiger partial charge in [0, 0.05) is 17.7 Å². The Morgan fingerprint density at radius 3 is 2.07 bits per heavy atom. The lowest BCUT2D eigenvalue weighted by molar-refractivity contribution is -0.0885. The topological polar surface area (TPSA) is 45.2 Å². The molecule has 0 saturated carbocycles. The van der Waals surface area contributed by atoms with Crippen LogP contribution in [0.5, 0.6) is 0 Å². The average molecular weight is 201 g/mol. The van der Waals surface area contributed by atoms with Gasteiger partial charge in [-0.15, -0.1) is 0 Å². The van der Waals surface area contributed by atoms with E-state index in [1.165, 1.54) is 0 Å². The lowest BCUT2D eigenvalue weighted by atomic mass is 10.1. The molecular weight excluding hydrogens is 197 g/mol. The van der Waals surface area contributed by atoms with Gasteiger partial charge in [0.2, 0.25) is 5.39 Å². The summed E-state index contributed by atoms with van der Waals surface area (Å²) in [5, 5.41) is 8.24. The highest BCUT2D eigenvalue weighted by Crippen LogP contribution is 2.22. The normalized spacial score (nSPS) is 10.7. The van der Waals surface area contributed by atoms with Crippen molar-refractivity contribution in [2.45, 2.75) is 6.18 Å². The van der Waals surface area contributed by atoms with E-state index >= 15 is 0 Å². The Morgan fingerprint density at radius 1 is 1.21 bits per heavy atom. The number of rotatable bonds is 1. The van der Waals surface area contributed by atoms with Crippen LogP contribution >= 0.6 is 0 Å². The molecule has 0 aliphatic carbocycles. The summed E-state index contributed by atoms with van der Waals surface area (Å²) in [6.45, 7) is 0. The second kappa shape index (κ2) is 3.46. The van der Waals surface area contributed by atoms with Crippen LogP contribution in [0.25, 0.3) is 4.98 Å². The maximum atomic E-state index is 11.9. The second-order valence-electron chi connectivity index (χ2n) is 2.47. The third-order valence-electron chi connectivity index (χ3n) is 1.50. The van der Waals surface area contributed by atoms with E-state index in [0.717, 1.165) is 24.3 Å². The summed E-state index contributed by atoms with van der Waals surface area (Å²) >= 11 is 0. The standard InChI is InChI=1S/C8H4F3N2O/c9-8(10,11)7(14)5-1-3-6(13-12)4-2-5/h1-4H/q+1. The van der Waals surface area contributed by atoms with Gasteiger partial charge in [-0.05, 0) is 12.1 Å². The molecule has 0 radical (unpaired) electrons. The van der Waals surface area contributed by atoms with Gasteiger partial charge in [-0.3, -0.25) is 4.79 Å². The molecule has 0 spiro atoms. The molecule has 14 heavy (non-hydrogen) atoms. The van der Waals surface area contributed by atoms with Gasteiger partial charge in [0.1, 0.15) is 0 Å². The molecule has 72 valence electrons. The molecule has 0 atom stereocenters. The number of benzene rings is 1. The largest absolute Gasteiger partial charge is 0.454 e. The third kappa shape index (κ3) is 2.07. The summed E-state index contributed by atoms with van der Waals surface area (Å²) in [5.41, 5.74) is -0.395. The first-order chi connectivity index (χ1) is 6.45. The van der Waals surface area contributed by atoms with Crippen molar-refractivity contribution in [1.82, 2.24) is 0 Å². The van der Waals surface area contributed by atoms with Crippen LogP contribution in [0, 0.1) is 5.39 Å². The third-order valence-corrected chi connectivity index (χ3v) is 1.50. The number of ketones is 1. The van der Waals surface area contributed by atoms with E-state index in [-0.39, 0.29) is 5.69 Å². The second-order valence-corrected chi connectivity index (χ2v) is 2.47. The fourth-order valence-electron chi connectivity index (χ4n) is 0.843. The van der Waals surface area contributed by atoms with E-state index in [1.807, 2.05) is 0 Å². The SMILES string of the molecule is N#[N+]c1ccc(C(=O)C(F)(F)F)cc1. The Kier molecular flexibility index (Phi) is 2.51. The molecule has 0 fully saturated rings. The lowest BCUT2D eigenvalue weighted by Gasteiger charge is -2.03. The predicted octanol–water partition coefficient (Wildman–Crippen LogP) is 2.92. The molecule has 0 aromatic heterocycles. The van der Waals surface area contributed by atoms with Gasteiger partial charge < -0.3 is 0 Å². The smallest absolute Gasteiger partial charge is 0.284 e. The number of halogens is 3. The maximum absolute atomic E-state index is 11.9. The number of nitrogens with zero attached hydrogens (tertiary/aromatic N) is 2. The fraction of sp³-hybridized carbons (Fsp3) is 0.125. The first kappa shape index (κ1) is 10.2. The highest BCUT2D eigenvalue weighted by Gasteiger charge is 2.39. The van der Waals surface area contributed by atoms with Crippen LogP contribution in [0.3, 0.4) is 0 Å². The van der Waals surface area contributed by atoms with Gasteiger partial charge >= 0.3 is 11.9 Å². The summed E-state index contributed by atoms with van der Waals surface area (Å²) in [6.07, 6.45) is -4.88. The Morgan fingerprint density at radius 2 is 1.71 bits per heavy atom. The number of carbonyl (C=O) groups excluding carboxylic acids is 1. The summed E-state index contributed by atoms with van der Waals surface area (Å²) in [7, 11) is 0. The highest BCUT2D eigenvalue weighted by molar-refractivity contribution is 6.00. The minimum Gasteiger partial charge on any atom is -0.284 e. The quantitative estimate of drug-likeness (QED) is 0.518. The van der Waals surface area contributed by atoms with E-state index in [1.54, 1.807) is 0 Å². The van der Waals surface area contributed by atoms with Gasteiger partial charge in [-0.1, -0.05) is 0 Å². The van der Waals surface area contributed by atoms with Crippen molar-refractivity contribution < 1.29 is 18.0 Å². The van der Waals surface area contributed by atoms with Crippen LogP contribution in [0.1, 0.15) is 10.4 Å². The molecule has 1 aromatic rings. The van der Waals surface area contributed by atoms with Crippen LogP contribution in [-0.2, 0) is 0 Å². The molecule has 0 amide bonds. The zero-order chi connectivity index (χ0) is 10.8. The molecule has 3 nitrogen and oxygen atoms in total. The lowest BCUT2D eigenvalue weighted by Crippen LogP contribution is -2.22. The van der Waals surface area contributed by atoms with Crippen molar-refractivity contribution in [1.29, 1.82) is 5.39 Å². The van der Waals surface area contributed by atoms with Crippen LogP contribution in [-0.4, -0.2) is 12.0 Å². The Bertz CT molecular complexity index is 389. The van der Waals surface area contributed by atoms with Crippen molar-refractivity contribution in [3.63, 3.8) is 0 Å². The first-order valence-corrected chi connectivity index (χ1v) is 3.52. The Hall–Kier alpha value is -1.90. The summed E-state index contributed by atoms with van der Waals surface area (Å²) in [5.74, 6) is -1.91. The van der Waals surface area contributed by atoms with Gasteiger partial charge in [0.05, 0.1) is 0 Å². The van der Waals surface area contributed by atoms with Crippen molar-refractivity contribution in [2.24, 2.45) is 0 Å². The molecule has 0 aliphatic rings. The van der Waals surface area contributed by atoms with Gasteiger partial charge in [-0.2, -0.15) is 13.2 Å². The minimum atomic E-state index is -4.88. The number of carbonyl (C=O) groups is 1. The van der Waals surface area contributed by atoms with E-state index in [0.29, 0.717) is 0 Å². The van der Waals surface area contributed by atoms with Crippen molar-refractivity contribution in [2.75, 3.05) is 0 Å². The van der Waals surface area contributed by atoms with Crippen molar-refractivity contribution in [3.8, 4) is 0 Å². The molecule has 1 rings (SSSR count). The zero-order valence-electron chi connectivity index (χ0n) is 6.75. The van der Waals surface area contributed by atoms with Gasteiger partial charge in [0.25, 0.3) is 5.78 Å². The zero-order valence-corrected chi connectivity index (χ0v) is 6.75. The Labute approximate surface area is 76.8 Å². The van der Waals surface area contributed by atoms with E-state index < -0.39 is 17.5 Å². The van der Waals surface area contributed by atoms with Crippen LogP contribution in [0.15, 0.2) is 24.3 Å². The number of Topliss-reactive ketones (excluding diaryl/α,β-unsaturated/α-hetero) is 1. The number of diazo groups is 1. The number of hydrogen-bond acceptors (Lipinski definition) is 2. The molecule has 0 bridgehead atoms. The van der Waals surface area contributed by atoms with Crippen LogP contribution < -0.4 is 0 Å². The van der Waals surface area contributed by atoms with Crippen LogP contribution in [0.2, 0.25) is 0 Å². The summed E-state index contributed by atoms with van der Waals surface area (Å²) in [6, 6.07) is 4.12. The maximum Gasteiger partial charge on any atom is 0.454 e. The highest BCUT2D eigenvalue weighted by atomic mass is 19.4. The molecular formula is C8H4F3N2O+. The molecule has 0 heterocycles. The van der Waals surface area contributed by atoms with Crippen LogP contribution in [0.4, 0.5) is 18.9 Å². The Balaban J connectivity index is 3.00. The van der Waals surface area contributed by atoms with E-state index in [4.69, 9.17) is 5.39 Å². The van der Waals surface area contributed by atoms with E-state index in [9.17, 15) is 18.0 Å². The summed E-state index contributed by atoms with van der Waals surface area (Å²) in [4.78, 5) is 13.4. The van der Waals surface area contributed by atoms with Gasteiger partial charge in [-0.25, -0.2) is 0 Å². The molecule has 0 saturated heterocycles. The minimum absolute atomic E-state index is 0.0868. The molecule has 0 unspecified atom stereocenters. The summed E-state index contributed by atoms with van der Waals surface area (Å²) < 4.78 is 35.7. The van der Waals surface area contributed by atoms with Crippen molar-refractivity contribution >= 4 is 11.5 Å². The molecule has 1 aromatic carbocycles. The molecule has 6 heteroatoms.